The zero-order chi connectivity index (χ0) is 15.6. The molecule has 0 aromatic heterocycles. The molecule has 0 fully saturated rings. The van der Waals surface area contributed by atoms with Crippen molar-refractivity contribution in [3.63, 3.8) is 0 Å². The van der Waals surface area contributed by atoms with Gasteiger partial charge in [-0.3, -0.25) is 4.79 Å². The molecule has 2 atom stereocenters. The third-order valence-corrected chi connectivity index (χ3v) is 3.88. The Morgan fingerprint density at radius 2 is 2.24 bits per heavy atom. The van der Waals surface area contributed by atoms with Crippen molar-refractivity contribution in [1.82, 2.24) is 5.32 Å². The van der Waals surface area contributed by atoms with E-state index in [2.05, 4.69) is 5.32 Å². The van der Waals surface area contributed by atoms with Gasteiger partial charge in [0.05, 0.1) is 12.6 Å². The highest BCUT2D eigenvalue weighted by molar-refractivity contribution is 5.76. The van der Waals surface area contributed by atoms with Gasteiger partial charge in [0.1, 0.15) is 0 Å². The van der Waals surface area contributed by atoms with Crippen molar-refractivity contribution in [2.75, 3.05) is 6.61 Å². The fourth-order valence-corrected chi connectivity index (χ4v) is 2.51. The van der Waals surface area contributed by atoms with E-state index in [4.69, 9.17) is 10.5 Å². The summed E-state index contributed by atoms with van der Waals surface area (Å²) >= 11 is 0. The van der Waals surface area contributed by atoms with E-state index in [0.29, 0.717) is 25.0 Å². The number of amides is 1. The second-order valence-electron chi connectivity index (χ2n) is 5.80. The maximum absolute atomic E-state index is 14.3. The molecule has 5 heteroatoms. The van der Waals surface area contributed by atoms with Gasteiger partial charge in [-0.15, -0.1) is 0 Å². The summed E-state index contributed by atoms with van der Waals surface area (Å²) in [5.41, 5.74) is 7.55. The molecule has 0 radical (unpaired) electrons. The number of ether oxygens (including phenoxy) is 1. The van der Waals surface area contributed by atoms with Crippen molar-refractivity contribution in [2.45, 2.75) is 45.7 Å². The summed E-state index contributed by atoms with van der Waals surface area (Å²) in [6.07, 6.45) is 1.04. The largest absolute Gasteiger partial charge is 0.490 e. The van der Waals surface area contributed by atoms with E-state index in [1.54, 1.807) is 6.92 Å². The van der Waals surface area contributed by atoms with Crippen LogP contribution in [-0.4, -0.2) is 12.5 Å². The molecule has 1 amide bonds. The minimum Gasteiger partial charge on any atom is -0.490 e. The SMILES string of the molecule is CCC(=O)NC1CCOc2c(F)cc(C(N)C(C)C)cc21. The third kappa shape index (κ3) is 3.35. The first-order valence-corrected chi connectivity index (χ1v) is 7.45. The first kappa shape index (κ1) is 15.8. The topological polar surface area (TPSA) is 64.3 Å². The van der Waals surface area contributed by atoms with Gasteiger partial charge in [-0.25, -0.2) is 4.39 Å². The zero-order valence-corrected chi connectivity index (χ0v) is 12.8. The Morgan fingerprint density at radius 1 is 1.52 bits per heavy atom. The molecule has 0 saturated heterocycles. The lowest BCUT2D eigenvalue weighted by Crippen LogP contribution is -2.32. The van der Waals surface area contributed by atoms with Gasteiger partial charge in [0.2, 0.25) is 5.91 Å². The number of hydrogen-bond acceptors (Lipinski definition) is 3. The van der Waals surface area contributed by atoms with Crippen molar-refractivity contribution in [3.8, 4) is 5.75 Å². The molecule has 116 valence electrons. The highest BCUT2D eigenvalue weighted by Crippen LogP contribution is 2.37. The summed E-state index contributed by atoms with van der Waals surface area (Å²) < 4.78 is 19.7. The van der Waals surface area contributed by atoms with E-state index in [1.165, 1.54) is 6.07 Å². The number of carbonyl (C=O) groups excluding carboxylic acids is 1. The van der Waals surface area contributed by atoms with E-state index in [9.17, 15) is 9.18 Å². The second-order valence-corrected chi connectivity index (χ2v) is 5.80. The molecule has 1 aromatic carbocycles. The molecule has 0 bridgehead atoms. The summed E-state index contributed by atoms with van der Waals surface area (Å²) in [7, 11) is 0. The second kappa shape index (κ2) is 6.43. The molecular formula is C16H23FN2O2. The highest BCUT2D eigenvalue weighted by atomic mass is 19.1. The number of nitrogens with two attached hydrogens (primary N) is 1. The van der Waals surface area contributed by atoms with Crippen LogP contribution < -0.4 is 15.8 Å². The van der Waals surface area contributed by atoms with E-state index >= 15 is 0 Å². The lowest BCUT2D eigenvalue weighted by atomic mass is 9.91. The van der Waals surface area contributed by atoms with Crippen molar-refractivity contribution in [2.24, 2.45) is 11.7 Å². The van der Waals surface area contributed by atoms with Gasteiger partial charge >= 0.3 is 0 Å². The number of halogens is 1. The van der Waals surface area contributed by atoms with Gasteiger partial charge in [0.15, 0.2) is 11.6 Å². The number of carbonyl (C=O) groups is 1. The average Bonchev–Trinajstić information content (AvgIpc) is 2.46. The Kier molecular flexibility index (Phi) is 4.83. The normalized spacial score (nSPS) is 18.9. The Bertz CT molecular complexity index is 531. The number of hydrogen-bond donors (Lipinski definition) is 2. The molecule has 21 heavy (non-hydrogen) atoms. The van der Waals surface area contributed by atoms with Crippen molar-refractivity contribution in [1.29, 1.82) is 0 Å². The van der Waals surface area contributed by atoms with Gasteiger partial charge in [0, 0.05) is 24.4 Å². The van der Waals surface area contributed by atoms with Gasteiger partial charge < -0.3 is 15.8 Å². The highest BCUT2D eigenvalue weighted by Gasteiger charge is 2.27. The molecule has 0 spiro atoms. The molecular weight excluding hydrogens is 271 g/mol. The minimum absolute atomic E-state index is 0.0492. The average molecular weight is 294 g/mol. The number of fused-ring (bicyclic) bond motifs is 1. The van der Waals surface area contributed by atoms with Gasteiger partial charge in [0.25, 0.3) is 0 Å². The van der Waals surface area contributed by atoms with Gasteiger partial charge in [-0.2, -0.15) is 0 Å². The summed E-state index contributed by atoms with van der Waals surface area (Å²) in [5, 5.41) is 2.92. The summed E-state index contributed by atoms with van der Waals surface area (Å²) in [6.45, 7) is 6.18. The van der Waals surface area contributed by atoms with E-state index < -0.39 is 5.82 Å². The summed E-state index contributed by atoms with van der Waals surface area (Å²) in [4.78, 5) is 11.6. The standard InChI is InChI=1S/C16H23FN2O2/c1-4-14(20)19-13-5-6-21-16-11(13)7-10(8-12(16)17)15(18)9(2)3/h7-9,13,15H,4-6,18H2,1-3H3,(H,19,20). The van der Waals surface area contributed by atoms with Crippen LogP contribution in [0.25, 0.3) is 0 Å². The van der Waals surface area contributed by atoms with Crippen LogP contribution in [-0.2, 0) is 4.79 Å². The van der Waals surface area contributed by atoms with Crippen molar-refractivity contribution < 1.29 is 13.9 Å². The molecule has 1 aliphatic rings. The maximum Gasteiger partial charge on any atom is 0.220 e. The fraction of sp³-hybridized carbons (Fsp3) is 0.562. The monoisotopic (exact) mass is 294 g/mol. The number of nitrogens with one attached hydrogen (secondary N) is 1. The lowest BCUT2D eigenvalue weighted by Gasteiger charge is -2.28. The van der Waals surface area contributed by atoms with Crippen LogP contribution in [0.15, 0.2) is 12.1 Å². The van der Waals surface area contributed by atoms with Crippen LogP contribution in [0.5, 0.6) is 5.75 Å². The van der Waals surface area contributed by atoms with Crippen LogP contribution in [0.1, 0.15) is 56.8 Å². The van der Waals surface area contributed by atoms with E-state index in [0.717, 1.165) is 5.56 Å². The first-order chi connectivity index (χ1) is 9.93. The smallest absolute Gasteiger partial charge is 0.220 e. The van der Waals surface area contributed by atoms with Crippen LogP contribution in [0.3, 0.4) is 0 Å². The van der Waals surface area contributed by atoms with E-state index in [-0.39, 0.29) is 29.7 Å². The van der Waals surface area contributed by atoms with E-state index in [1.807, 2.05) is 19.9 Å². The summed E-state index contributed by atoms with van der Waals surface area (Å²) in [6, 6.07) is 2.85. The first-order valence-electron chi connectivity index (χ1n) is 7.45. The Hall–Kier alpha value is -1.62. The molecule has 0 aliphatic carbocycles. The van der Waals surface area contributed by atoms with Crippen molar-refractivity contribution >= 4 is 5.91 Å². The molecule has 2 unspecified atom stereocenters. The summed E-state index contributed by atoms with van der Waals surface area (Å²) in [5.74, 6) is -0.0149. The molecule has 2 rings (SSSR count). The Labute approximate surface area is 124 Å². The minimum atomic E-state index is -0.408. The Morgan fingerprint density at radius 3 is 2.86 bits per heavy atom. The van der Waals surface area contributed by atoms with Crippen LogP contribution in [0.4, 0.5) is 4.39 Å². The lowest BCUT2D eigenvalue weighted by molar-refractivity contribution is -0.121. The molecule has 1 aliphatic heterocycles. The van der Waals surface area contributed by atoms with Gasteiger partial charge in [-0.1, -0.05) is 20.8 Å². The molecule has 3 N–H and O–H groups in total. The quantitative estimate of drug-likeness (QED) is 0.897. The molecule has 4 nitrogen and oxygen atoms in total. The number of benzene rings is 1. The Balaban J connectivity index is 2.38. The third-order valence-electron chi connectivity index (χ3n) is 3.88. The van der Waals surface area contributed by atoms with Crippen LogP contribution in [0, 0.1) is 11.7 Å². The molecule has 1 aromatic rings. The van der Waals surface area contributed by atoms with Crippen LogP contribution >= 0.6 is 0 Å². The molecule has 0 saturated carbocycles. The maximum atomic E-state index is 14.3. The fourth-order valence-electron chi connectivity index (χ4n) is 2.51. The predicted molar refractivity (Wildman–Crippen MR) is 79.5 cm³/mol. The van der Waals surface area contributed by atoms with Crippen molar-refractivity contribution in [3.05, 3.63) is 29.1 Å². The zero-order valence-electron chi connectivity index (χ0n) is 12.8. The van der Waals surface area contributed by atoms with Crippen LogP contribution in [0.2, 0.25) is 0 Å². The molecule has 1 heterocycles. The predicted octanol–water partition coefficient (Wildman–Crippen LogP) is 2.83. The number of rotatable bonds is 4. The van der Waals surface area contributed by atoms with Gasteiger partial charge in [-0.05, 0) is 23.6 Å².